The Balaban J connectivity index is 1.51. The number of H-pyrrole nitrogens is 1. The van der Waals surface area contributed by atoms with Gasteiger partial charge >= 0.3 is 0 Å². The molecule has 0 atom stereocenters. The molecule has 28 heavy (non-hydrogen) atoms. The average molecular weight is 392 g/mol. The zero-order valence-electron chi connectivity index (χ0n) is 15.3. The number of ketones is 1. The molecule has 0 saturated carbocycles. The predicted molar refractivity (Wildman–Crippen MR) is 109 cm³/mol. The van der Waals surface area contributed by atoms with Crippen LogP contribution in [0.5, 0.6) is 5.75 Å². The Morgan fingerprint density at radius 1 is 1.11 bits per heavy atom. The minimum atomic E-state index is -0.0857. The Labute approximate surface area is 167 Å². The van der Waals surface area contributed by atoms with Crippen molar-refractivity contribution in [2.24, 2.45) is 0 Å². The van der Waals surface area contributed by atoms with Gasteiger partial charge in [0.2, 0.25) is 0 Å². The van der Waals surface area contributed by atoms with Gasteiger partial charge in [0.15, 0.2) is 11.4 Å². The van der Waals surface area contributed by atoms with E-state index in [9.17, 15) is 4.79 Å². The van der Waals surface area contributed by atoms with E-state index in [1.165, 1.54) is 0 Å². The van der Waals surface area contributed by atoms with Crippen molar-refractivity contribution in [3.63, 3.8) is 0 Å². The summed E-state index contributed by atoms with van der Waals surface area (Å²) in [4.78, 5) is 17.1. The minimum Gasteiger partial charge on any atom is -0.489 e. The summed E-state index contributed by atoms with van der Waals surface area (Å²) < 4.78 is 5.82. The van der Waals surface area contributed by atoms with Crippen LogP contribution in [-0.4, -0.2) is 21.0 Å². The smallest absolute Gasteiger partial charge is 0.181 e. The lowest BCUT2D eigenvalue weighted by molar-refractivity contribution is 0.0992. The number of benzene rings is 2. The van der Waals surface area contributed by atoms with Crippen molar-refractivity contribution in [2.45, 2.75) is 20.0 Å². The molecule has 0 unspecified atom stereocenters. The third-order valence-corrected chi connectivity index (χ3v) is 4.84. The van der Waals surface area contributed by atoms with Crippen LogP contribution in [0.1, 0.15) is 27.2 Å². The zero-order chi connectivity index (χ0) is 19.5. The number of ether oxygens (including phenoxy) is 1. The molecule has 0 saturated heterocycles. The predicted octanol–water partition coefficient (Wildman–Crippen LogP) is 4.92. The Hall–Kier alpha value is -3.18. The van der Waals surface area contributed by atoms with Gasteiger partial charge in [-0.1, -0.05) is 41.9 Å². The number of rotatable bonds is 6. The largest absolute Gasteiger partial charge is 0.489 e. The molecular weight excluding hydrogens is 374 g/mol. The molecule has 140 valence electrons. The Morgan fingerprint density at radius 3 is 2.75 bits per heavy atom. The summed E-state index contributed by atoms with van der Waals surface area (Å²) in [6, 6.07) is 16.9. The fraction of sp³-hybridized carbons (Fsp3) is 0.136. The summed E-state index contributed by atoms with van der Waals surface area (Å²) in [7, 11) is 0. The number of aryl methyl sites for hydroxylation is 1. The second-order valence-electron chi connectivity index (χ2n) is 6.58. The first-order chi connectivity index (χ1) is 13.6. The SMILES string of the molecule is Cc1[nH]nc2ncc(CC(=O)c3cc(OCc4ccccc4)ccc3Cl)cc12. The fourth-order valence-electron chi connectivity index (χ4n) is 2.99. The fourth-order valence-corrected chi connectivity index (χ4v) is 3.21. The average Bonchev–Trinajstić information content (AvgIpc) is 3.08. The van der Waals surface area contributed by atoms with Crippen molar-refractivity contribution in [1.29, 1.82) is 0 Å². The van der Waals surface area contributed by atoms with Crippen molar-refractivity contribution in [3.8, 4) is 5.75 Å². The quantitative estimate of drug-likeness (QED) is 0.473. The molecule has 0 spiro atoms. The van der Waals surface area contributed by atoms with Gasteiger partial charge in [0, 0.05) is 29.3 Å². The van der Waals surface area contributed by atoms with E-state index in [1.807, 2.05) is 43.3 Å². The monoisotopic (exact) mass is 391 g/mol. The first-order valence-corrected chi connectivity index (χ1v) is 9.27. The molecule has 0 fully saturated rings. The van der Waals surface area contributed by atoms with Crippen LogP contribution in [0.2, 0.25) is 5.02 Å². The van der Waals surface area contributed by atoms with Crippen LogP contribution in [-0.2, 0) is 13.0 Å². The van der Waals surface area contributed by atoms with E-state index in [1.54, 1.807) is 24.4 Å². The van der Waals surface area contributed by atoms with Gasteiger partial charge in [-0.05, 0) is 42.3 Å². The molecular formula is C22H18ClN3O2. The number of carbonyl (C=O) groups is 1. The molecule has 0 bridgehead atoms. The molecule has 2 heterocycles. The third kappa shape index (κ3) is 3.89. The van der Waals surface area contributed by atoms with Gasteiger partial charge in [0.25, 0.3) is 0 Å². The van der Waals surface area contributed by atoms with Gasteiger partial charge in [-0.15, -0.1) is 0 Å². The van der Waals surface area contributed by atoms with Crippen LogP contribution in [0.4, 0.5) is 0 Å². The van der Waals surface area contributed by atoms with Crippen LogP contribution in [0.25, 0.3) is 11.0 Å². The molecule has 2 aromatic heterocycles. The maximum absolute atomic E-state index is 12.8. The second-order valence-corrected chi connectivity index (χ2v) is 6.99. The Kier molecular flexibility index (Phi) is 5.08. The van der Waals surface area contributed by atoms with E-state index < -0.39 is 0 Å². The number of halogens is 1. The van der Waals surface area contributed by atoms with E-state index in [0.29, 0.717) is 28.6 Å². The molecule has 5 nitrogen and oxygen atoms in total. The lowest BCUT2D eigenvalue weighted by atomic mass is 10.0. The zero-order valence-corrected chi connectivity index (χ0v) is 16.0. The molecule has 4 aromatic rings. The highest BCUT2D eigenvalue weighted by molar-refractivity contribution is 6.34. The van der Waals surface area contributed by atoms with Crippen molar-refractivity contribution in [1.82, 2.24) is 15.2 Å². The molecule has 2 aromatic carbocycles. The minimum absolute atomic E-state index is 0.0857. The van der Waals surface area contributed by atoms with Crippen LogP contribution in [0.15, 0.2) is 60.8 Å². The topological polar surface area (TPSA) is 67.9 Å². The van der Waals surface area contributed by atoms with Gasteiger partial charge < -0.3 is 4.74 Å². The number of hydrogen-bond donors (Lipinski definition) is 1. The number of pyridine rings is 1. The van der Waals surface area contributed by atoms with Crippen LogP contribution >= 0.6 is 11.6 Å². The van der Waals surface area contributed by atoms with E-state index in [-0.39, 0.29) is 12.2 Å². The van der Waals surface area contributed by atoms with E-state index in [4.69, 9.17) is 16.3 Å². The number of hydrogen-bond acceptors (Lipinski definition) is 4. The molecule has 4 rings (SSSR count). The van der Waals surface area contributed by atoms with Gasteiger partial charge in [0.1, 0.15) is 12.4 Å². The lowest BCUT2D eigenvalue weighted by Crippen LogP contribution is -2.06. The van der Waals surface area contributed by atoms with Gasteiger partial charge in [-0.25, -0.2) is 4.98 Å². The van der Waals surface area contributed by atoms with Crippen molar-refractivity contribution < 1.29 is 9.53 Å². The van der Waals surface area contributed by atoms with E-state index >= 15 is 0 Å². The van der Waals surface area contributed by atoms with Gasteiger partial charge in [0.05, 0.1) is 5.02 Å². The highest BCUT2D eigenvalue weighted by atomic mass is 35.5. The third-order valence-electron chi connectivity index (χ3n) is 4.51. The first kappa shape index (κ1) is 18.2. The molecule has 0 aliphatic heterocycles. The van der Waals surface area contributed by atoms with Crippen LogP contribution in [0.3, 0.4) is 0 Å². The van der Waals surface area contributed by atoms with Gasteiger partial charge in [-0.2, -0.15) is 5.10 Å². The number of aromatic nitrogens is 3. The molecule has 0 radical (unpaired) electrons. The molecule has 0 aliphatic carbocycles. The van der Waals surface area contributed by atoms with Crippen molar-refractivity contribution in [3.05, 3.63) is 88.2 Å². The summed E-state index contributed by atoms with van der Waals surface area (Å²) in [5.41, 5.74) is 3.87. The Morgan fingerprint density at radius 2 is 1.93 bits per heavy atom. The lowest BCUT2D eigenvalue weighted by Gasteiger charge is -2.09. The summed E-state index contributed by atoms with van der Waals surface area (Å²) in [6.07, 6.45) is 1.87. The molecule has 0 amide bonds. The maximum atomic E-state index is 12.8. The first-order valence-electron chi connectivity index (χ1n) is 8.89. The van der Waals surface area contributed by atoms with E-state index in [2.05, 4.69) is 15.2 Å². The summed E-state index contributed by atoms with van der Waals surface area (Å²) in [6.45, 7) is 2.35. The summed E-state index contributed by atoms with van der Waals surface area (Å²) in [5.74, 6) is 0.522. The number of Topliss-reactive ketones (excluding diaryl/α,β-unsaturated/α-hetero) is 1. The number of carbonyl (C=O) groups excluding carboxylic acids is 1. The summed E-state index contributed by atoms with van der Waals surface area (Å²) in [5, 5.41) is 8.33. The van der Waals surface area contributed by atoms with Crippen LogP contribution < -0.4 is 4.74 Å². The standard InChI is InChI=1S/C22H18ClN3O2/c1-14-18-9-16(12-24-22(18)26-25-14)10-21(27)19-11-17(7-8-20(19)23)28-13-15-5-3-2-4-6-15/h2-9,11-12H,10,13H2,1H3,(H,24,25,26). The number of nitrogens with one attached hydrogen (secondary N) is 1. The van der Waals surface area contributed by atoms with Crippen molar-refractivity contribution >= 4 is 28.4 Å². The highest BCUT2D eigenvalue weighted by Gasteiger charge is 2.14. The number of nitrogens with zero attached hydrogens (tertiary/aromatic N) is 2. The normalized spacial score (nSPS) is 10.9. The van der Waals surface area contributed by atoms with Crippen molar-refractivity contribution in [2.75, 3.05) is 0 Å². The second kappa shape index (κ2) is 7.82. The van der Waals surface area contributed by atoms with E-state index in [0.717, 1.165) is 22.2 Å². The number of aromatic amines is 1. The Bertz CT molecular complexity index is 1140. The molecule has 1 N–H and O–H groups in total. The molecule has 6 heteroatoms. The number of fused-ring (bicyclic) bond motifs is 1. The molecule has 0 aliphatic rings. The van der Waals surface area contributed by atoms with Gasteiger partial charge in [-0.3, -0.25) is 9.89 Å². The maximum Gasteiger partial charge on any atom is 0.181 e. The highest BCUT2D eigenvalue weighted by Crippen LogP contribution is 2.25. The summed E-state index contributed by atoms with van der Waals surface area (Å²) >= 11 is 6.27. The van der Waals surface area contributed by atoms with Crippen LogP contribution in [0, 0.1) is 6.92 Å².